The first-order valence-corrected chi connectivity index (χ1v) is 8.68. The molecular formula is C20H20N2O6. The maximum atomic E-state index is 13.3. The van der Waals surface area contributed by atoms with Crippen LogP contribution < -0.4 is 20.9 Å². The van der Waals surface area contributed by atoms with E-state index in [0.717, 1.165) is 0 Å². The van der Waals surface area contributed by atoms with Crippen LogP contribution in [0.3, 0.4) is 0 Å². The lowest BCUT2D eigenvalue weighted by Crippen LogP contribution is -2.25. The summed E-state index contributed by atoms with van der Waals surface area (Å²) >= 11 is 0. The number of hydrogen-bond acceptors (Lipinski definition) is 8. The van der Waals surface area contributed by atoms with Gasteiger partial charge in [0.2, 0.25) is 5.78 Å². The van der Waals surface area contributed by atoms with Crippen molar-refractivity contribution in [1.82, 2.24) is 0 Å². The summed E-state index contributed by atoms with van der Waals surface area (Å²) in [6, 6.07) is 7.48. The fourth-order valence-corrected chi connectivity index (χ4v) is 3.06. The van der Waals surface area contributed by atoms with Crippen molar-refractivity contribution in [3.8, 4) is 11.5 Å². The molecule has 0 spiro atoms. The van der Waals surface area contributed by atoms with Crippen molar-refractivity contribution in [2.24, 2.45) is 11.5 Å². The van der Waals surface area contributed by atoms with Crippen LogP contribution in [0.25, 0.3) is 0 Å². The van der Waals surface area contributed by atoms with E-state index in [1.807, 2.05) is 0 Å². The second-order valence-corrected chi connectivity index (χ2v) is 6.00. The highest BCUT2D eigenvalue weighted by atomic mass is 16.5. The molecule has 8 heteroatoms. The molecule has 4 N–H and O–H groups in total. The highest BCUT2D eigenvalue weighted by Gasteiger charge is 2.36. The van der Waals surface area contributed by atoms with Crippen LogP contribution in [0, 0.1) is 0 Å². The van der Waals surface area contributed by atoms with E-state index in [9.17, 15) is 14.4 Å². The summed E-state index contributed by atoms with van der Waals surface area (Å²) in [5.74, 6) is -1.12. The molecule has 8 nitrogen and oxygen atoms in total. The first kappa shape index (κ1) is 19.5. The fourth-order valence-electron chi connectivity index (χ4n) is 3.06. The first-order chi connectivity index (χ1) is 13.5. The number of esters is 1. The second-order valence-electron chi connectivity index (χ2n) is 6.00. The van der Waals surface area contributed by atoms with Crippen LogP contribution >= 0.6 is 0 Å². The summed E-state index contributed by atoms with van der Waals surface area (Å²) in [6.45, 7) is 0.760. The topological polar surface area (TPSA) is 131 Å². The molecule has 0 atom stereocenters. The van der Waals surface area contributed by atoms with Crippen LogP contribution in [0.1, 0.15) is 42.2 Å². The van der Waals surface area contributed by atoms with Crippen LogP contribution in [-0.4, -0.2) is 50.9 Å². The van der Waals surface area contributed by atoms with Crippen molar-refractivity contribution in [3.05, 3.63) is 58.1 Å². The van der Waals surface area contributed by atoms with Gasteiger partial charge >= 0.3 is 5.97 Å². The Morgan fingerprint density at radius 2 is 1.54 bits per heavy atom. The van der Waals surface area contributed by atoms with E-state index >= 15 is 0 Å². The Morgan fingerprint density at radius 3 is 2.18 bits per heavy atom. The average molecular weight is 384 g/mol. The predicted molar refractivity (Wildman–Crippen MR) is 100 cm³/mol. The second kappa shape index (κ2) is 8.20. The van der Waals surface area contributed by atoms with Gasteiger partial charge in [-0.25, -0.2) is 4.79 Å². The van der Waals surface area contributed by atoms with E-state index in [1.165, 1.54) is 19.2 Å². The van der Waals surface area contributed by atoms with Gasteiger partial charge in [0.1, 0.15) is 24.7 Å². The lowest BCUT2D eigenvalue weighted by molar-refractivity contribution is 0.0599. The number of carbonyl (C=O) groups is 3. The molecule has 0 fully saturated rings. The minimum absolute atomic E-state index is 0.0717. The van der Waals surface area contributed by atoms with Crippen molar-refractivity contribution in [1.29, 1.82) is 0 Å². The van der Waals surface area contributed by atoms with Gasteiger partial charge in [0.05, 0.1) is 23.8 Å². The Bertz CT molecular complexity index is 954. The maximum Gasteiger partial charge on any atom is 0.338 e. The summed E-state index contributed by atoms with van der Waals surface area (Å²) < 4.78 is 15.9. The van der Waals surface area contributed by atoms with Crippen LogP contribution in [0.2, 0.25) is 0 Å². The van der Waals surface area contributed by atoms with Crippen LogP contribution in [0.15, 0.2) is 30.3 Å². The molecule has 0 saturated carbocycles. The third-order valence-electron chi connectivity index (χ3n) is 4.24. The smallest absolute Gasteiger partial charge is 0.338 e. The molecule has 0 saturated heterocycles. The number of methoxy groups -OCH3 is 1. The van der Waals surface area contributed by atoms with Crippen molar-refractivity contribution in [2.45, 2.75) is 0 Å². The largest absolute Gasteiger partial charge is 0.491 e. The summed E-state index contributed by atoms with van der Waals surface area (Å²) in [5.41, 5.74) is 11.6. The SMILES string of the molecule is COC(=O)c1cc(OCCN)c2c(c1)C(=O)c1cccc(OCCN)c1C2=O. The Labute approximate surface area is 161 Å². The summed E-state index contributed by atoms with van der Waals surface area (Å²) in [6.07, 6.45) is 0. The molecule has 0 amide bonds. The Balaban J connectivity index is 2.20. The third kappa shape index (κ3) is 3.35. The Kier molecular flexibility index (Phi) is 5.72. The average Bonchev–Trinajstić information content (AvgIpc) is 2.72. The summed E-state index contributed by atoms with van der Waals surface area (Å²) in [4.78, 5) is 38.4. The van der Waals surface area contributed by atoms with Crippen LogP contribution in [0.4, 0.5) is 0 Å². The molecule has 28 heavy (non-hydrogen) atoms. The molecule has 0 radical (unpaired) electrons. The number of ketones is 2. The molecule has 0 heterocycles. The Hall–Kier alpha value is -3.23. The van der Waals surface area contributed by atoms with Crippen LogP contribution in [-0.2, 0) is 4.74 Å². The van der Waals surface area contributed by atoms with Crippen LogP contribution in [0.5, 0.6) is 11.5 Å². The molecule has 0 unspecified atom stereocenters. The number of rotatable bonds is 7. The summed E-state index contributed by atoms with van der Waals surface area (Å²) in [5, 5.41) is 0. The van der Waals surface area contributed by atoms with Gasteiger partial charge in [0.15, 0.2) is 5.78 Å². The van der Waals surface area contributed by atoms with E-state index in [1.54, 1.807) is 18.2 Å². The standard InChI is InChI=1S/C20H20N2O6/c1-26-20(25)11-9-13-17(15(10-11)28-8-6-22)19(24)16-12(18(13)23)3-2-4-14(16)27-7-5-21/h2-4,9-10H,5-8,21-22H2,1H3. The molecule has 0 bridgehead atoms. The van der Waals surface area contributed by atoms with Crippen molar-refractivity contribution in [3.63, 3.8) is 0 Å². The summed E-state index contributed by atoms with van der Waals surface area (Å²) in [7, 11) is 1.23. The fraction of sp³-hybridized carbons (Fsp3) is 0.250. The minimum atomic E-state index is -0.647. The minimum Gasteiger partial charge on any atom is -0.491 e. The maximum absolute atomic E-state index is 13.3. The van der Waals surface area contributed by atoms with Gasteiger partial charge in [0.25, 0.3) is 0 Å². The molecule has 146 valence electrons. The van der Waals surface area contributed by atoms with Gasteiger partial charge < -0.3 is 25.7 Å². The van der Waals surface area contributed by atoms with Gasteiger partial charge in [-0.3, -0.25) is 9.59 Å². The molecule has 0 aromatic heterocycles. The molecular weight excluding hydrogens is 364 g/mol. The third-order valence-corrected chi connectivity index (χ3v) is 4.24. The van der Waals surface area contributed by atoms with E-state index in [2.05, 4.69) is 0 Å². The van der Waals surface area contributed by atoms with Crippen molar-refractivity contribution >= 4 is 17.5 Å². The van der Waals surface area contributed by atoms with Crippen molar-refractivity contribution in [2.75, 3.05) is 33.4 Å². The highest BCUT2D eigenvalue weighted by molar-refractivity contribution is 6.30. The number of fused-ring (bicyclic) bond motifs is 2. The van der Waals surface area contributed by atoms with Gasteiger partial charge in [-0.05, 0) is 18.2 Å². The first-order valence-electron chi connectivity index (χ1n) is 8.68. The lowest BCUT2D eigenvalue weighted by atomic mass is 9.82. The molecule has 2 aromatic carbocycles. The predicted octanol–water partition coefficient (Wildman–Crippen LogP) is 0.924. The van der Waals surface area contributed by atoms with Gasteiger partial charge in [-0.15, -0.1) is 0 Å². The Morgan fingerprint density at radius 1 is 0.893 bits per heavy atom. The number of hydrogen-bond donors (Lipinski definition) is 2. The molecule has 1 aliphatic rings. The van der Waals surface area contributed by atoms with Gasteiger partial charge in [0, 0.05) is 24.2 Å². The monoisotopic (exact) mass is 384 g/mol. The number of nitrogens with two attached hydrogens (primary N) is 2. The molecule has 2 aromatic rings. The molecule has 0 aliphatic heterocycles. The van der Waals surface area contributed by atoms with Gasteiger partial charge in [-0.2, -0.15) is 0 Å². The zero-order valence-electron chi connectivity index (χ0n) is 15.3. The lowest BCUT2D eigenvalue weighted by Gasteiger charge is -2.23. The number of benzene rings is 2. The van der Waals surface area contributed by atoms with Gasteiger partial charge in [-0.1, -0.05) is 12.1 Å². The number of ether oxygens (including phenoxy) is 3. The van der Waals surface area contributed by atoms with E-state index in [4.69, 9.17) is 25.7 Å². The van der Waals surface area contributed by atoms with E-state index in [0.29, 0.717) is 0 Å². The zero-order valence-corrected chi connectivity index (χ0v) is 15.3. The number of carbonyl (C=O) groups excluding carboxylic acids is 3. The quantitative estimate of drug-likeness (QED) is 0.575. The van der Waals surface area contributed by atoms with E-state index < -0.39 is 17.5 Å². The van der Waals surface area contributed by atoms with E-state index in [-0.39, 0.29) is 65.6 Å². The zero-order chi connectivity index (χ0) is 20.3. The molecule has 1 aliphatic carbocycles. The normalized spacial score (nSPS) is 12.2. The highest BCUT2D eigenvalue weighted by Crippen LogP contribution is 2.38. The van der Waals surface area contributed by atoms with Crippen molar-refractivity contribution < 1.29 is 28.6 Å². The molecule has 3 rings (SSSR count).